The first-order valence-electron chi connectivity index (χ1n) is 5.48. The zero-order valence-corrected chi connectivity index (χ0v) is 10.5. The SMILES string of the molecule is CCCc1cc(Cl)c2cc(OC)c(F)cc2n1. The van der Waals surface area contributed by atoms with Gasteiger partial charge < -0.3 is 4.74 Å². The minimum absolute atomic E-state index is 0.185. The molecule has 2 aromatic rings. The third-order valence-corrected chi connectivity index (χ3v) is 2.90. The average Bonchev–Trinajstić information content (AvgIpc) is 2.28. The van der Waals surface area contributed by atoms with Crippen molar-refractivity contribution in [1.82, 2.24) is 4.98 Å². The van der Waals surface area contributed by atoms with Crippen molar-refractivity contribution in [3.63, 3.8) is 0 Å². The first-order valence-corrected chi connectivity index (χ1v) is 5.86. The minimum Gasteiger partial charge on any atom is -0.494 e. The predicted molar refractivity (Wildman–Crippen MR) is 67.3 cm³/mol. The number of halogens is 2. The summed E-state index contributed by atoms with van der Waals surface area (Å²) < 4.78 is 18.5. The summed E-state index contributed by atoms with van der Waals surface area (Å²) in [7, 11) is 1.43. The molecule has 0 aliphatic rings. The number of nitrogens with zero attached hydrogens (tertiary/aromatic N) is 1. The van der Waals surface area contributed by atoms with Gasteiger partial charge in [-0.25, -0.2) is 4.39 Å². The topological polar surface area (TPSA) is 22.1 Å². The first kappa shape index (κ1) is 12.1. The zero-order chi connectivity index (χ0) is 12.4. The van der Waals surface area contributed by atoms with Crippen LogP contribution in [0.4, 0.5) is 4.39 Å². The lowest BCUT2D eigenvalue weighted by molar-refractivity contribution is 0.387. The average molecular weight is 254 g/mol. The molecule has 2 rings (SSSR count). The summed E-state index contributed by atoms with van der Waals surface area (Å²) in [5.74, 6) is -0.235. The highest BCUT2D eigenvalue weighted by Crippen LogP contribution is 2.29. The van der Waals surface area contributed by atoms with Gasteiger partial charge in [-0.3, -0.25) is 4.98 Å². The fourth-order valence-electron chi connectivity index (χ4n) is 1.78. The molecule has 17 heavy (non-hydrogen) atoms. The molecule has 0 spiro atoms. The Bertz CT molecular complexity index is 557. The molecular formula is C13H13ClFNO. The van der Waals surface area contributed by atoms with Crippen LogP contribution in [0.3, 0.4) is 0 Å². The van der Waals surface area contributed by atoms with E-state index in [2.05, 4.69) is 11.9 Å². The summed E-state index contributed by atoms with van der Waals surface area (Å²) in [6.45, 7) is 2.06. The summed E-state index contributed by atoms with van der Waals surface area (Å²) in [5.41, 5.74) is 1.45. The second-order valence-corrected chi connectivity index (χ2v) is 4.26. The van der Waals surface area contributed by atoms with E-state index in [1.54, 1.807) is 6.07 Å². The van der Waals surface area contributed by atoms with Crippen molar-refractivity contribution < 1.29 is 9.13 Å². The van der Waals surface area contributed by atoms with Crippen molar-refractivity contribution >= 4 is 22.5 Å². The second-order valence-electron chi connectivity index (χ2n) is 3.85. The number of hydrogen-bond acceptors (Lipinski definition) is 2. The number of aryl methyl sites for hydroxylation is 1. The Morgan fingerprint density at radius 1 is 1.35 bits per heavy atom. The minimum atomic E-state index is -0.419. The Hall–Kier alpha value is -1.35. The van der Waals surface area contributed by atoms with Crippen LogP contribution in [0.25, 0.3) is 10.9 Å². The summed E-state index contributed by atoms with van der Waals surface area (Å²) in [5, 5.41) is 1.29. The molecule has 0 bridgehead atoms. The number of ether oxygens (including phenoxy) is 1. The highest BCUT2D eigenvalue weighted by molar-refractivity contribution is 6.35. The van der Waals surface area contributed by atoms with Gasteiger partial charge in [0.05, 0.1) is 17.6 Å². The third-order valence-electron chi connectivity index (χ3n) is 2.59. The second kappa shape index (κ2) is 4.88. The molecule has 1 aromatic heterocycles. The van der Waals surface area contributed by atoms with Gasteiger partial charge in [0, 0.05) is 17.1 Å². The number of aromatic nitrogens is 1. The lowest BCUT2D eigenvalue weighted by Gasteiger charge is -2.07. The maximum absolute atomic E-state index is 13.6. The van der Waals surface area contributed by atoms with Gasteiger partial charge in [-0.1, -0.05) is 24.9 Å². The van der Waals surface area contributed by atoms with Crippen LogP contribution in [0.15, 0.2) is 18.2 Å². The van der Waals surface area contributed by atoms with E-state index < -0.39 is 5.82 Å². The van der Waals surface area contributed by atoms with Crippen LogP contribution < -0.4 is 4.74 Å². The first-order chi connectivity index (χ1) is 8.15. The van der Waals surface area contributed by atoms with E-state index in [1.165, 1.54) is 13.2 Å². The van der Waals surface area contributed by atoms with Gasteiger partial charge in [0.25, 0.3) is 0 Å². The molecule has 1 aromatic carbocycles. The maximum atomic E-state index is 13.6. The monoisotopic (exact) mass is 253 g/mol. The molecule has 1 heterocycles. The maximum Gasteiger partial charge on any atom is 0.167 e. The van der Waals surface area contributed by atoms with Gasteiger partial charge in [0.15, 0.2) is 11.6 Å². The smallest absolute Gasteiger partial charge is 0.167 e. The molecule has 0 aliphatic heterocycles. The van der Waals surface area contributed by atoms with E-state index in [-0.39, 0.29) is 5.75 Å². The van der Waals surface area contributed by atoms with E-state index in [0.717, 1.165) is 18.5 Å². The van der Waals surface area contributed by atoms with Crippen molar-refractivity contribution in [3.05, 3.63) is 34.7 Å². The summed E-state index contributed by atoms with van der Waals surface area (Å²) in [4.78, 5) is 4.38. The van der Waals surface area contributed by atoms with Gasteiger partial charge in [0.2, 0.25) is 0 Å². The summed E-state index contributed by atoms with van der Waals surface area (Å²) >= 11 is 6.16. The molecule has 90 valence electrons. The third kappa shape index (κ3) is 2.34. The molecule has 4 heteroatoms. The fraction of sp³-hybridized carbons (Fsp3) is 0.308. The van der Waals surface area contributed by atoms with Crippen LogP contribution in [0.5, 0.6) is 5.75 Å². The fourth-order valence-corrected chi connectivity index (χ4v) is 2.06. The van der Waals surface area contributed by atoms with Crippen LogP contribution in [0, 0.1) is 5.82 Å². The molecule has 0 N–H and O–H groups in total. The number of methoxy groups -OCH3 is 1. The van der Waals surface area contributed by atoms with Crippen LogP contribution in [0.2, 0.25) is 5.02 Å². The van der Waals surface area contributed by atoms with E-state index in [1.807, 2.05) is 6.07 Å². The van der Waals surface area contributed by atoms with Crippen molar-refractivity contribution in [3.8, 4) is 5.75 Å². The van der Waals surface area contributed by atoms with Gasteiger partial charge >= 0.3 is 0 Å². The van der Waals surface area contributed by atoms with Gasteiger partial charge in [-0.2, -0.15) is 0 Å². The number of fused-ring (bicyclic) bond motifs is 1. The van der Waals surface area contributed by atoms with E-state index in [9.17, 15) is 4.39 Å². The molecule has 0 saturated carbocycles. The number of rotatable bonds is 3. The molecular weight excluding hydrogens is 241 g/mol. The Kier molecular flexibility index (Phi) is 3.48. The molecule has 0 saturated heterocycles. The van der Waals surface area contributed by atoms with E-state index in [4.69, 9.17) is 16.3 Å². The van der Waals surface area contributed by atoms with Gasteiger partial charge in [-0.05, 0) is 18.6 Å². The molecule has 0 atom stereocenters. The molecule has 0 fully saturated rings. The predicted octanol–water partition coefficient (Wildman–Crippen LogP) is 3.99. The number of benzene rings is 1. The highest BCUT2D eigenvalue weighted by Gasteiger charge is 2.09. The largest absolute Gasteiger partial charge is 0.494 e. The van der Waals surface area contributed by atoms with E-state index >= 15 is 0 Å². The normalized spacial score (nSPS) is 10.8. The highest BCUT2D eigenvalue weighted by atomic mass is 35.5. The Labute approximate surface area is 104 Å². The van der Waals surface area contributed by atoms with E-state index in [0.29, 0.717) is 15.9 Å². The van der Waals surface area contributed by atoms with Crippen LogP contribution >= 0.6 is 11.6 Å². The van der Waals surface area contributed by atoms with Crippen molar-refractivity contribution in [2.75, 3.05) is 7.11 Å². The lowest BCUT2D eigenvalue weighted by atomic mass is 10.1. The Morgan fingerprint density at radius 3 is 2.76 bits per heavy atom. The lowest BCUT2D eigenvalue weighted by Crippen LogP contribution is -1.94. The quantitative estimate of drug-likeness (QED) is 0.825. The van der Waals surface area contributed by atoms with Crippen molar-refractivity contribution in [2.24, 2.45) is 0 Å². The van der Waals surface area contributed by atoms with Crippen LogP contribution in [-0.2, 0) is 6.42 Å². The molecule has 0 amide bonds. The van der Waals surface area contributed by atoms with Crippen molar-refractivity contribution in [2.45, 2.75) is 19.8 Å². The summed E-state index contributed by atoms with van der Waals surface area (Å²) in [6.07, 6.45) is 1.82. The van der Waals surface area contributed by atoms with Gasteiger partial charge in [-0.15, -0.1) is 0 Å². The Balaban J connectivity index is 2.64. The van der Waals surface area contributed by atoms with Crippen molar-refractivity contribution in [1.29, 1.82) is 0 Å². The van der Waals surface area contributed by atoms with Crippen LogP contribution in [-0.4, -0.2) is 12.1 Å². The van der Waals surface area contributed by atoms with Crippen LogP contribution in [0.1, 0.15) is 19.0 Å². The summed E-state index contributed by atoms with van der Waals surface area (Å²) in [6, 6.07) is 4.76. The zero-order valence-electron chi connectivity index (χ0n) is 9.76. The number of hydrogen-bond donors (Lipinski definition) is 0. The molecule has 0 aliphatic carbocycles. The Morgan fingerprint density at radius 2 is 2.12 bits per heavy atom. The standard InChI is InChI=1S/C13H13ClFNO/c1-3-4-8-5-10(14)9-6-13(17-2)11(15)7-12(9)16-8/h5-7H,3-4H2,1-2H3. The number of pyridine rings is 1. The molecule has 0 radical (unpaired) electrons. The molecule has 0 unspecified atom stereocenters. The molecule has 2 nitrogen and oxygen atoms in total. The van der Waals surface area contributed by atoms with Gasteiger partial charge in [0.1, 0.15) is 0 Å².